The molecule has 0 aliphatic carbocycles. The summed E-state index contributed by atoms with van der Waals surface area (Å²) in [5, 5.41) is 8.67. The lowest BCUT2D eigenvalue weighted by atomic mass is 10.2. The van der Waals surface area contributed by atoms with Crippen LogP contribution in [-0.2, 0) is 11.3 Å². The van der Waals surface area contributed by atoms with Crippen molar-refractivity contribution in [3.8, 4) is 0 Å². The first-order valence-electron chi connectivity index (χ1n) is 3.42. The van der Waals surface area contributed by atoms with Crippen molar-refractivity contribution in [2.75, 3.05) is 7.11 Å². The van der Waals surface area contributed by atoms with Gasteiger partial charge in [0.05, 0.1) is 6.61 Å². The van der Waals surface area contributed by atoms with Crippen LogP contribution in [0.3, 0.4) is 0 Å². The predicted molar refractivity (Wildman–Crippen MR) is 41.9 cm³/mol. The molecule has 1 aromatic rings. The minimum atomic E-state index is -1.03. The molecule has 4 nitrogen and oxygen atoms in total. The second-order valence-corrected chi connectivity index (χ2v) is 2.25. The van der Waals surface area contributed by atoms with Crippen LogP contribution in [0.25, 0.3) is 0 Å². The van der Waals surface area contributed by atoms with Gasteiger partial charge in [-0.2, -0.15) is 0 Å². The maximum atomic E-state index is 10.6. The van der Waals surface area contributed by atoms with Gasteiger partial charge < -0.3 is 9.84 Å². The van der Waals surface area contributed by atoms with Crippen LogP contribution >= 0.6 is 0 Å². The molecule has 0 amide bonds. The fourth-order valence-corrected chi connectivity index (χ4v) is 0.903. The van der Waals surface area contributed by atoms with E-state index in [2.05, 4.69) is 4.98 Å². The summed E-state index contributed by atoms with van der Waals surface area (Å²) in [5.74, 6) is -1.03. The van der Waals surface area contributed by atoms with Crippen molar-refractivity contribution in [1.29, 1.82) is 0 Å². The lowest BCUT2D eigenvalue weighted by Crippen LogP contribution is -2.05. The Morgan fingerprint density at radius 2 is 2.50 bits per heavy atom. The maximum absolute atomic E-state index is 10.6. The first-order chi connectivity index (χ1) is 5.75. The van der Waals surface area contributed by atoms with Crippen molar-refractivity contribution in [2.45, 2.75) is 6.61 Å². The lowest BCUT2D eigenvalue weighted by molar-refractivity contribution is 0.0685. The highest BCUT2D eigenvalue weighted by atomic mass is 16.5. The Bertz CT molecular complexity index is 285. The molecule has 1 heterocycles. The fourth-order valence-electron chi connectivity index (χ4n) is 0.903. The first kappa shape index (κ1) is 8.67. The largest absolute Gasteiger partial charge is 0.477 e. The third kappa shape index (κ3) is 1.79. The van der Waals surface area contributed by atoms with Gasteiger partial charge >= 0.3 is 5.97 Å². The molecule has 0 aliphatic heterocycles. The van der Waals surface area contributed by atoms with E-state index in [0.29, 0.717) is 5.56 Å². The molecule has 0 saturated carbocycles. The molecule has 0 spiro atoms. The minimum Gasteiger partial charge on any atom is -0.477 e. The molecule has 1 N–H and O–H groups in total. The van der Waals surface area contributed by atoms with Crippen LogP contribution in [0.2, 0.25) is 0 Å². The van der Waals surface area contributed by atoms with E-state index < -0.39 is 5.97 Å². The predicted octanol–water partition coefficient (Wildman–Crippen LogP) is 0.926. The van der Waals surface area contributed by atoms with E-state index in [0.717, 1.165) is 0 Å². The molecule has 0 aromatic carbocycles. The van der Waals surface area contributed by atoms with E-state index in [9.17, 15) is 4.79 Å². The number of carboxylic acids is 1. The van der Waals surface area contributed by atoms with Crippen LogP contribution in [0.4, 0.5) is 0 Å². The molecular formula is C8H9NO3. The Morgan fingerprint density at radius 3 is 3.08 bits per heavy atom. The number of pyridine rings is 1. The van der Waals surface area contributed by atoms with Gasteiger partial charge in [-0.1, -0.05) is 6.07 Å². The average Bonchev–Trinajstić information content (AvgIpc) is 2.05. The quantitative estimate of drug-likeness (QED) is 0.727. The van der Waals surface area contributed by atoms with Crippen LogP contribution in [0, 0.1) is 0 Å². The van der Waals surface area contributed by atoms with E-state index in [4.69, 9.17) is 9.84 Å². The SMILES string of the molecule is COCc1cccnc1C(=O)O. The number of aromatic carboxylic acids is 1. The molecule has 0 atom stereocenters. The van der Waals surface area contributed by atoms with Crippen LogP contribution < -0.4 is 0 Å². The van der Waals surface area contributed by atoms with Gasteiger partial charge in [-0.05, 0) is 6.07 Å². The van der Waals surface area contributed by atoms with Gasteiger partial charge in [-0.25, -0.2) is 9.78 Å². The van der Waals surface area contributed by atoms with Crippen molar-refractivity contribution < 1.29 is 14.6 Å². The summed E-state index contributed by atoms with van der Waals surface area (Å²) in [7, 11) is 1.51. The highest BCUT2D eigenvalue weighted by molar-refractivity contribution is 5.86. The number of rotatable bonds is 3. The van der Waals surface area contributed by atoms with Crippen LogP contribution in [0.15, 0.2) is 18.3 Å². The highest BCUT2D eigenvalue weighted by Gasteiger charge is 2.09. The van der Waals surface area contributed by atoms with Crippen molar-refractivity contribution in [2.24, 2.45) is 0 Å². The minimum absolute atomic E-state index is 0.0550. The van der Waals surface area contributed by atoms with Gasteiger partial charge in [0.1, 0.15) is 0 Å². The van der Waals surface area contributed by atoms with Crippen LogP contribution in [0.1, 0.15) is 16.1 Å². The summed E-state index contributed by atoms with van der Waals surface area (Å²) < 4.78 is 4.82. The molecule has 4 heteroatoms. The van der Waals surface area contributed by atoms with E-state index in [1.165, 1.54) is 13.3 Å². The van der Waals surface area contributed by atoms with Crippen LogP contribution in [-0.4, -0.2) is 23.2 Å². The molecule has 0 aliphatic rings. The first-order valence-corrected chi connectivity index (χ1v) is 3.42. The summed E-state index contributed by atoms with van der Waals surface area (Å²) in [6.07, 6.45) is 1.45. The Morgan fingerprint density at radius 1 is 1.75 bits per heavy atom. The standard InChI is InChI=1S/C8H9NO3/c1-12-5-6-3-2-4-9-7(6)8(10)11/h2-4H,5H2,1H3,(H,10,11). The Balaban J connectivity index is 3.00. The normalized spacial score (nSPS) is 9.75. The number of nitrogens with zero attached hydrogens (tertiary/aromatic N) is 1. The Labute approximate surface area is 69.8 Å². The zero-order valence-electron chi connectivity index (χ0n) is 6.65. The van der Waals surface area contributed by atoms with Crippen molar-refractivity contribution >= 4 is 5.97 Å². The van der Waals surface area contributed by atoms with Crippen molar-refractivity contribution in [3.05, 3.63) is 29.6 Å². The summed E-state index contributed by atoms with van der Waals surface area (Å²) in [6, 6.07) is 3.36. The van der Waals surface area contributed by atoms with Crippen molar-refractivity contribution in [1.82, 2.24) is 4.98 Å². The maximum Gasteiger partial charge on any atom is 0.354 e. The number of ether oxygens (including phenoxy) is 1. The van der Waals surface area contributed by atoms with Gasteiger partial charge in [0.2, 0.25) is 0 Å². The zero-order chi connectivity index (χ0) is 8.97. The third-order valence-corrected chi connectivity index (χ3v) is 1.39. The summed E-state index contributed by atoms with van der Waals surface area (Å²) >= 11 is 0. The number of aromatic nitrogens is 1. The van der Waals surface area contributed by atoms with Gasteiger partial charge in [0, 0.05) is 18.9 Å². The number of carboxylic acid groups (broad SMARTS) is 1. The van der Waals surface area contributed by atoms with Crippen LogP contribution in [0.5, 0.6) is 0 Å². The third-order valence-electron chi connectivity index (χ3n) is 1.39. The summed E-state index contributed by atoms with van der Waals surface area (Å²) in [4.78, 5) is 14.3. The molecule has 1 aromatic heterocycles. The molecule has 0 radical (unpaired) electrons. The van der Waals surface area contributed by atoms with Gasteiger partial charge in [-0.3, -0.25) is 0 Å². The number of hydrogen-bond acceptors (Lipinski definition) is 3. The molecule has 0 fully saturated rings. The Hall–Kier alpha value is -1.42. The highest BCUT2D eigenvalue weighted by Crippen LogP contribution is 2.05. The van der Waals surface area contributed by atoms with Crippen molar-refractivity contribution in [3.63, 3.8) is 0 Å². The lowest BCUT2D eigenvalue weighted by Gasteiger charge is -2.01. The van der Waals surface area contributed by atoms with Gasteiger partial charge in [-0.15, -0.1) is 0 Å². The van der Waals surface area contributed by atoms with E-state index in [-0.39, 0.29) is 12.3 Å². The molecule has 0 saturated heterocycles. The van der Waals surface area contributed by atoms with E-state index >= 15 is 0 Å². The molecule has 1 rings (SSSR count). The van der Waals surface area contributed by atoms with E-state index in [1.54, 1.807) is 12.1 Å². The molecule has 0 bridgehead atoms. The summed E-state index contributed by atoms with van der Waals surface area (Å²) in [6.45, 7) is 0.273. The summed E-state index contributed by atoms with van der Waals surface area (Å²) in [5.41, 5.74) is 0.645. The molecular weight excluding hydrogens is 158 g/mol. The van der Waals surface area contributed by atoms with E-state index in [1.807, 2.05) is 0 Å². The van der Waals surface area contributed by atoms with Gasteiger partial charge in [0.25, 0.3) is 0 Å². The molecule has 0 unspecified atom stereocenters. The molecule has 64 valence electrons. The smallest absolute Gasteiger partial charge is 0.354 e. The topological polar surface area (TPSA) is 59.4 Å². The number of hydrogen-bond donors (Lipinski definition) is 1. The molecule has 12 heavy (non-hydrogen) atoms. The number of methoxy groups -OCH3 is 1. The second kappa shape index (κ2) is 3.82. The Kier molecular flexibility index (Phi) is 2.76. The van der Waals surface area contributed by atoms with Gasteiger partial charge in [0.15, 0.2) is 5.69 Å². The monoisotopic (exact) mass is 167 g/mol. The average molecular weight is 167 g/mol. The second-order valence-electron chi connectivity index (χ2n) is 2.25. The zero-order valence-corrected chi connectivity index (χ0v) is 6.65. The number of carbonyl (C=O) groups is 1. The fraction of sp³-hybridized carbons (Fsp3) is 0.250.